The van der Waals surface area contributed by atoms with E-state index in [1.807, 2.05) is 67.2 Å². The number of hydrogen-bond acceptors (Lipinski definition) is 5. The molecule has 0 radical (unpaired) electrons. The maximum absolute atomic E-state index is 13.4. The van der Waals surface area contributed by atoms with Crippen LogP contribution in [0.3, 0.4) is 0 Å². The van der Waals surface area contributed by atoms with Crippen molar-refractivity contribution in [3.05, 3.63) is 75.3 Å². The van der Waals surface area contributed by atoms with Crippen LogP contribution in [-0.2, 0) is 18.4 Å². The summed E-state index contributed by atoms with van der Waals surface area (Å²) in [4.78, 5) is 32.4. The van der Waals surface area contributed by atoms with Gasteiger partial charge in [-0.05, 0) is 61.7 Å². The van der Waals surface area contributed by atoms with Gasteiger partial charge in [0.25, 0.3) is 5.91 Å². The van der Waals surface area contributed by atoms with Crippen LogP contribution < -0.4 is 16.0 Å². The molecule has 0 spiro atoms. The summed E-state index contributed by atoms with van der Waals surface area (Å²) in [6.07, 6.45) is 8.82. The van der Waals surface area contributed by atoms with E-state index in [2.05, 4.69) is 20.9 Å². The monoisotopic (exact) mass is 549 g/mol. The molecule has 3 aromatic heterocycles. The Morgan fingerprint density at radius 1 is 1.16 bits per heavy atom. The minimum atomic E-state index is -0.596. The summed E-state index contributed by atoms with van der Waals surface area (Å²) < 4.78 is 2.04. The van der Waals surface area contributed by atoms with Crippen LogP contribution >= 0.6 is 22.9 Å². The van der Waals surface area contributed by atoms with Crippen molar-refractivity contribution in [1.82, 2.24) is 14.9 Å². The Bertz CT molecular complexity index is 1460. The number of nitrogens with zero attached hydrogens (tertiary/aromatic N) is 2. The average Bonchev–Trinajstić information content (AvgIpc) is 3.66. The minimum Gasteiger partial charge on any atom is -0.379 e. The van der Waals surface area contributed by atoms with Crippen LogP contribution in [0.25, 0.3) is 10.9 Å². The van der Waals surface area contributed by atoms with E-state index in [1.54, 1.807) is 6.20 Å². The van der Waals surface area contributed by atoms with Crippen LogP contribution in [0.1, 0.15) is 52.3 Å². The second-order valence-corrected chi connectivity index (χ2v) is 11.6. The van der Waals surface area contributed by atoms with Crippen LogP contribution in [0.15, 0.2) is 54.9 Å². The van der Waals surface area contributed by atoms with E-state index >= 15 is 0 Å². The largest absolute Gasteiger partial charge is 0.379 e. The maximum atomic E-state index is 13.4. The number of carbonyl (C=O) groups is 2. The van der Waals surface area contributed by atoms with E-state index in [0.29, 0.717) is 28.8 Å². The summed E-state index contributed by atoms with van der Waals surface area (Å²) in [6, 6.07) is 12.9. The first-order valence-electron chi connectivity index (χ1n) is 13.0. The lowest BCUT2D eigenvalue weighted by atomic mass is 9.97. The molecule has 3 heterocycles. The van der Waals surface area contributed by atoms with Gasteiger partial charge in [0.05, 0.1) is 21.3 Å². The smallest absolute Gasteiger partial charge is 0.262 e. The quantitative estimate of drug-likeness (QED) is 0.221. The molecule has 5 rings (SSSR count). The van der Waals surface area contributed by atoms with Gasteiger partial charge in [-0.2, -0.15) is 0 Å². The molecule has 1 aliphatic carbocycles. The number of benzene rings is 1. The van der Waals surface area contributed by atoms with Gasteiger partial charge in [-0.25, -0.2) is 0 Å². The van der Waals surface area contributed by atoms with Crippen molar-refractivity contribution in [3.63, 3.8) is 0 Å². The number of amides is 2. The maximum Gasteiger partial charge on any atom is 0.262 e. The highest BCUT2D eigenvalue weighted by molar-refractivity contribution is 7.14. The van der Waals surface area contributed by atoms with Gasteiger partial charge in [-0.3, -0.25) is 14.6 Å². The molecule has 38 heavy (non-hydrogen) atoms. The summed E-state index contributed by atoms with van der Waals surface area (Å²) in [5.41, 5.74) is 3.55. The molecule has 3 N–H and O–H groups in total. The van der Waals surface area contributed by atoms with Crippen LogP contribution in [0.2, 0.25) is 5.02 Å². The molecule has 1 saturated carbocycles. The molecule has 1 atom stereocenters. The van der Waals surface area contributed by atoms with Crippen LogP contribution in [0, 0.1) is 12.8 Å². The van der Waals surface area contributed by atoms with Crippen molar-refractivity contribution in [2.75, 3.05) is 10.6 Å². The van der Waals surface area contributed by atoms with Gasteiger partial charge in [-0.15, -0.1) is 11.3 Å². The fraction of sp³-hybridized carbons (Fsp3) is 0.345. The lowest BCUT2D eigenvalue weighted by Crippen LogP contribution is -2.44. The van der Waals surface area contributed by atoms with Crippen molar-refractivity contribution in [2.45, 2.75) is 51.6 Å². The SMILES string of the molecule is Cc1ncc(Cl)cc1NCc1ccc(C(=O)N[C@@H](CC2CCCC2)C(=O)Nc2ccc3c(ccn3C)c2)s1. The molecule has 1 fully saturated rings. The van der Waals surface area contributed by atoms with Gasteiger partial charge in [0, 0.05) is 47.5 Å². The van der Waals surface area contributed by atoms with Gasteiger partial charge in [0.2, 0.25) is 5.91 Å². The number of carbonyl (C=O) groups excluding carboxylic acids is 2. The highest BCUT2D eigenvalue weighted by Crippen LogP contribution is 2.29. The second kappa shape index (κ2) is 11.6. The molecule has 0 saturated heterocycles. The van der Waals surface area contributed by atoms with E-state index in [1.165, 1.54) is 24.2 Å². The number of anilines is 2. The Morgan fingerprint density at radius 2 is 1.97 bits per heavy atom. The van der Waals surface area contributed by atoms with Gasteiger partial charge in [0.1, 0.15) is 6.04 Å². The Balaban J connectivity index is 1.25. The summed E-state index contributed by atoms with van der Waals surface area (Å²) in [5.74, 6) is 0.0433. The summed E-state index contributed by atoms with van der Waals surface area (Å²) in [6.45, 7) is 2.47. The van der Waals surface area contributed by atoms with Crippen molar-refractivity contribution >= 4 is 57.0 Å². The summed E-state index contributed by atoms with van der Waals surface area (Å²) >= 11 is 7.48. The third-order valence-electron chi connectivity index (χ3n) is 7.21. The van der Waals surface area contributed by atoms with E-state index in [0.717, 1.165) is 45.7 Å². The molecule has 198 valence electrons. The lowest BCUT2D eigenvalue weighted by molar-refractivity contribution is -0.118. The predicted octanol–water partition coefficient (Wildman–Crippen LogP) is 6.53. The molecular formula is C29H32ClN5O2S. The van der Waals surface area contributed by atoms with E-state index < -0.39 is 6.04 Å². The predicted molar refractivity (Wildman–Crippen MR) is 155 cm³/mol. The Kier molecular flexibility index (Phi) is 8.00. The number of aryl methyl sites for hydroxylation is 2. The third kappa shape index (κ3) is 6.19. The summed E-state index contributed by atoms with van der Waals surface area (Å²) in [7, 11) is 2.00. The number of fused-ring (bicyclic) bond motifs is 1. The first-order chi connectivity index (χ1) is 18.4. The number of halogens is 1. The number of hydrogen-bond donors (Lipinski definition) is 3. The number of thiophene rings is 1. The first kappa shape index (κ1) is 26.3. The molecule has 0 aliphatic heterocycles. The van der Waals surface area contributed by atoms with Crippen molar-refractivity contribution < 1.29 is 9.59 Å². The molecule has 0 unspecified atom stereocenters. The second-order valence-electron chi connectivity index (χ2n) is 10.0. The Hall–Kier alpha value is -3.36. The molecule has 2 amide bonds. The Morgan fingerprint density at radius 3 is 2.79 bits per heavy atom. The van der Waals surface area contributed by atoms with Crippen LogP contribution in [0.4, 0.5) is 11.4 Å². The highest BCUT2D eigenvalue weighted by Gasteiger charge is 2.27. The zero-order valence-corrected chi connectivity index (χ0v) is 23.2. The topological polar surface area (TPSA) is 88.1 Å². The minimum absolute atomic E-state index is 0.178. The van der Waals surface area contributed by atoms with Gasteiger partial charge in [-0.1, -0.05) is 37.3 Å². The first-order valence-corrected chi connectivity index (χ1v) is 14.2. The molecule has 1 aromatic carbocycles. The molecular weight excluding hydrogens is 518 g/mol. The van der Waals surface area contributed by atoms with Crippen molar-refractivity contribution in [1.29, 1.82) is 0 Å². The molecule has 9 heteroatoms. The number of pyridine rings is 1. The van der Waals surface area contributed by atoms with E-state index in [-0.39, 0.29) is 11.8 Å². The zero-order valence-electron chi connectivity index (χ0n) is 21.6. The molecule has 7 nitrogen and oxygen atoms in total. The molecule has 4 aromatic rings. The highest BCUT2D eigenvalue weighted by atomic mass is 35.5. The molecule has 1 aliphatic rings. The van der Waals surface area contributed by atoms with Gasteiger partial charge >= 0.3 is 0 Å². The van der Waals surface area contributed by atoms with Gasteiger partial charge < -0.3 is 20.5 Å². The fourth-order valence-corrected chi connectivity index (χ4v) is 6.10. The fourth-order valence-electron chi connectivity index (χ4n) is 5.09. The average molecular weight is 550 g/mol. The summed E-state index contributed by atoms with van der Waals surface area (Å²) in [5, 5.41) is 11.0. The third-order valence-corrected chi connectivity index (χ3v) is 8.50. The number of nitrogens with one attached hydrogen (secondary N) is 3. The van der Waals surface area contributed by atoms with Crippen molar-refractivity contribution in [2.24, 2.45) is 13.0 Å². The lowest BCUT2D eigenvalue weighted by Gasteiger charge is -2.21. The number of rotatable bonds is 9. The zero-order chi connectivity index (χ0) is 26.6. The van der Waals surface area contributed by atoms with E-state index in [4.69, 9.17) is 11.6 Å². The normalized spacial score (nSPS) is 14.5. The molecule has 0 bridgehead atoms. The van der Waals surface area contributed by atoms with E-state index in [9.17, 15) is 9.59 Å². The van der Waals surface area contributed by atoms with Crippen LogP contribution in [0.5, 0.6) is 0 Å². The van der Waals surface area contributed by atoms with Crippen LogP contribution in [-0.4, -0.2) is 27.4 Å². The standard InChI is InChI=1S/C29H32ClN5O2S/c1-18-24(15-21(30)16-31-18)32-17-23-8-10-27(38-23)29(37)34-25(13-19-5-3-4-6-19)28(36)33-22-7-9-26-20(14-22)11-12-35(26)2/h7-12,14-16,19,25,32H,3-6,13,17H2,1-2H3,(H,33,36)(H,34,37)/t25-/m0/s1. The Labute approximate surface area is 231 Å². The number of aromatic nitrogens is 2. The van der Waals surface area contributed by atoms with Crippen molar-refractivity contribution in [3.8, 4) is 0 Å². The van der Waals surface area contributed by atoms with Gasteiger partial charge in [0.15, 0.2) is 0 Å².